The van der Waals surface area contributed by atoms with Crippen LogP contribution in [0.5, 0.6) is 0 Å². The number of amidine groups is 2. The molecule has 17 aromatic rings. The van der Waals surface area contributed by atoms with Gasteiger partial charge < -0.3 is 59.0 Å². The molecule has 14 aromatic carbocycles. The van der Waals surface area contributed by atoms with E-state index in [2.05, 4.69) is 210 Å². The predicted molar refractivity (Wildman–Crippen MR) is 511 cm³/mol. The topological polar surface area (TPSA) is 141 Å². The summed E-state index contributed by atoms with van der Waals surface area (Å²) in [5.74, 6) is 6.75. The van der Waals surface area contributed by atoms with Gasteiger partial charge in [0.15, 0.2) is 5.82 Å². The number of benzene rings is 14. The maximum absolute atomic E-state index is 4.81. The van der Waals surface area contributed by atoms with Gasteiger partial charge in [-0.2, -0.15) is 187 Å². The smallest absolute Gasteiger partial charge is 0.161 e. The van der Waals surface area contributed by atoms with Gasteiger partial charge in [-0.25, -0.2) is 29.9 Å². The first-order chi connectivity index (χ1) is 62.8. The zero-order valence-electron chi connectivity index (χ0n) is 70.6. The molecule has 0 atom stereocenters. The van der Waals surface area contributed by atoms with Crippen LogP contribution in [0, 0.1) is 83.3 Å². The molecule has 0 spiro atoms. The number of fused-ring (bicyclic) bond motifs is 4. The van der Waals surface area contributed by atoms with E-state index in [-0.39, 0.29) is 60.3 Å². The van der Waals surface area contributed by atoms with E-state index in [1.54, 1.807) is 24.8 Å². The molecule has 0 amide bonds. The Morgan fingerprint density at radius 2 is 0.562 bits per heavy atom. The first kappa shape index (κ1) is 90.0. The third-order valence-electron chi connectivity index (χ3n) is 20.7. The minimum atomic E-state index is 0. The van der Waals surface area contributed by atoms with Crippen molar-refractivity contribution in [3.05, 3.63) is 500 Å². The number of hydrogen-bond donors (Lipinski definition) is 0. The third-order valence-corrected chi connectivity index (χ3v) is 20.7. The fourth-order valence-electron chi connectivity index (χ4n) is 14.6. The van der Waals surface area contributed by atoms with Crippen LogP contribution in [0.4, 0.5) is 103 Å². The second-order valence-electron chi connectivity index (χ2n) is 29.1. The number of aromatic nitrogens is 6. The summed E-state index contributed by atoms with van der Waals surface area (Å²) < 4.78 is 0. The Kier molecular flexibility index (Phi) is 30.2. The number of hydrazone groups is 2. The van der Waals surface area contributed by atoms with Crippen molar-refractivity contribution in [1.29, 1.82) is 0 Å². The van der Waals surface area contributed by atoms with Crippen LogP contribution < -0.4 is 59.0 Å². The molecule has 130 heavy (non-hydrogen) atoms. The summed E-state index contributed by atoms with van der Waals surface area (Å²) in [5.41, 5.74) is 17.8. The molecule has 9 heterocycles. The molecule has 23 heteroatoms. The van der Waals surface area contributed by atoms with Crippen molar-refractivity contribution in [3.8, 4) is 11.4 Å². The maximum Gasteiger partial charge on any atom is 0.161 e. The summed E-state index contributed by atoms with van der Waals surface area (Å²) in [7, 11) is 3.95. The van der Waals surface area contributed by atoms with Crippen LogP contribution in [-0.4, -0.2) is 55.7 Å². The summed E-state index contributed by atoms with van der Waals surface area (Å²) in [6, 6.07) is 145. The average Bonchev–Trinajstić information content (AvgIpc) is 1.62. The normalized spacial score (nSPS) is 13.3. The van der Waals surface area contributed by atoms with Crippen molar-refractivity contribution in [3.63, 3.8) is 0 Å². The minimum absolute atomic E-state index is 0. The zero-order valence-corrected chi connectivity index (χ0v) is 77.8. The molecule has 0 bridgehead atoms. The monoisotopic (exact) mass is 2230 g/mol. The van der Waals surface area contributed by atoms with Gasteiger partial charge in [-0.1, -0.05) is 181 Å². The minimum Gasteiger partial charge on any atom is -0.501 e. The molecule has 0 N–H and O–H groups in total. The Balaban J connectivity index is 0.000000119. The summed E-state index contributed by atoms with van der Waals surface area (Å²) in [6.45, 7) is 14.1. The number of hydrogen-bond acceptors (Lipinski definition) is 20. The Morgan fingerprint density at radius 3 is 0.985 bits per heavy atom. The molecule has 0 saturated heterocycles. The van der Waals surface area contributed by atoms with Crippen molar-refractivity contribution in [1.82, 2.24) is 29.9 Å². The first-order valence-electron chi connectivity index (χ1n) is 41.2. The molecular formula is C107H82Ir3N20-12. The molecule has 3 aromatic heterocycles. The Bertz CT molecular complexity index is 6070. The number of aryl methyl sites for hydroxylation is 1. The Hall–Kier alpha value is -14.8. The van der Waals surface area contributed by atoms with Gasteiger partial charge in [-0.15, -0.1) is 68.2 Å². The van der Waals surface area contributed by atoms with Crippen LogP contribution in [0.2, 0.25) is 0 Å². The van der Waals surface area contributed by atoms with Gasteiger partial charge in [0.25, 0.3) is 0 Å². The summed E-state index contributed by atoms with van der Waals surface area (Å²) >= 11 is 0. The van der Waals surface area contributed by atoms with Crippen LogP contribution in [0.1, 0.15) is 16.7 Å². The number of nitrogens with zero attached hydrogens (tertiary/aromatic N) is 20. The van der Waals surface area contributed by atoms with Crippen LogP contribution >= 0.6 is 0 Å². The van der Waals surface area contributed by atoms with Crippen molar-refractivity contribution < 1.29 is 60.3 Å². The zero-order chi connectivity index (χ0) is 85.9. The van der Waals surface area contributed by atoms with E-state index in [4.69, 9.17) is 15.2 Å². The fraction of sp³-hybridized carbons (Fsp3) is 0.0280. The fourth-order valence-corrected chi connectivity index (χ4v) is 14.6. The molecule has 23 rings (SSSR count). The van der Waals surface area contributed by atoms with E-state index in [9.17, 15) is 0 Å². The SMILES string of the molecule is CN1[CH-]N(c2[c-]cccc2)c2nccnc21.Cc1ccccc1-c1ncc2c(n1)N(c1[c-]cccc1)[CH-]N2C.[Ir].[Ir].[Ir].[c-]1ccccc1N1[CH-]N(c2ccccc2)C(c2ccccc2)=N1.[c-]1ccccc1N1[CH-]N(c2ccccc2)C(c2ccccc2)=N1.[c-]1ccccc1N1[CH-]N(c2ccccc2)c2ccccc21.[c-]1ccccc1N1[CH-]N(c2ccccc2)c2nccnc21. The maximum atomic E-state index is 4.81. The van der Waals surface area contributed by atoms with E-state index >= 15 is 0 Å². The van der Waals surface area contributed by atoms with Crippen LogP contribution in [-0.2, 0) is 60.3 Å². The second-order valence-corrected chi connectivity index (χ2v) is 29.1. The molecular weight excluding hydrogens is 2140 g/mol. The summed E-state index contributed by atoms with van der Waals surface area (Å²) in [4.78, 5) is 47.5. The van der Waals surface area contributed by atoms with Gasteiger partial charge in [0.05, 0.1) is 11.9 Å². The van der Waals surface area contributed by atoms with Gasteiger partial charge in [-0.05, 0) is 87.2 Å². The molecule has 20 nitrogen and oxygen atoms in total. The van der Waals surface area contributed by atoms with E-state index < -0.39 is 0 Å². The molecule has 0 aliphatic carbocycles. The molecule has 0 fully saturated rings. The largest absolute Gasteiger partial charge is 0.501 e. The predicted octanol–water partition coefficient (Wildman–Crippen LogP) is 23.1. The van der Waals surface area contributed by atoms with E-state index in [0.717, 1.165) is 126 Å². The summed E-state index contributed by atoms with van der Waals surface area (Å²) in [5, 5.41) is 13.3. The third kappa shape index (κ3) is 20.7. The van der Waals surface area contributed by atoms with Gasteiger partial charge in [0, 0.05) is 136 Å². The van der Waals surface area contributed by atoms with E-state index in [0.29, 0.717) is 0 Å². The van der Waals surface area contributed by atoms with Crippen LogP contribution in [0.15, 0.2) is 417 Å². The van der Waals surface area contributed by atoms with Crippen molar-refractivity contribution >= 4 is 115 Å². The average molecular weight is 2220 g/mol. The van der Waals surface area contributed by atoms with Crippen molar-refractivity contribution in [2.24, 2.45) is 10.2 Å². The van der Waals surface area contributed by atoms with E-state index in [1.807, 2.05) is 354 Å². The molecule has 6 aliphatic rings. The van der Waals surface area contributed by atoms with Crippen LogP contribution in [0.25, 0.3) is 11.4 Å². The van der Waals surface area contributed by atoms with Crippen LogP contribution in [0.3, 0.4) is 0 Å². The quantitative estimate of drug-likeness (QED) is 0.101. The standard InChI is InChI=1S/2C20H15N3.C19H16N4.C19H14N2.C17H12N4.C12H10N4.3Ir/c2*1-4-10-17(11-5-1)20-21-23(19-14-8-3-9-15-19)16-22(20)18-12-6-2-7-13-18;1-14-8-6-7-11-16(14)18-20-12-17-19(21-18)23(13-22(17)2)15-9-4-3-5-10-15;1-3-9-16(10-4-1)20-15-21(17-11-5-2-6-12-17)19-14-8-7-13-18(19)20;1-3-7-14(8-4-1)20-13-21(15-9-5-2-6-10-15)17-16(20)18-11-12-19-17;1-15-9-16(10-5-3-2-4-6-10)12-11(15)13-7-8-14-12;;;/h2*1-14,16H;3-9,11-13H,1-2H3;1-11,13-15H;1-9,11-13H;2-5,7-9H,1H3;;;/q6*-2;;;. The van der Waals surface area contributed by atoms with Gasteiger partial charge in [0.2, 0.25) is 0 Å². The Labute approximate surface area is 800 Å². The second kappa shape index (κ2) is 43.6. The molecule has 3 radical (unpaired) electrons. The first-order valence-corrected chi connectivity index (χ1v) is 41.2. The van der Waals surface area contributed by atoms with E-state index in [1.165, 1.54) is 16.9 Å². The number of para-hydroxylation sites is 12. The van der Waals surface area contributed by atoms with Gasteiger partial charge in [0.1, 0.15) is 40.8 Å². The van der Waals surface area contributed by atoms with Crippen molar-refractivity contribution in [2.75, 3.05) is 73.1 Å². The molecule has 0 saturated carbocycles. The van der Waals surface area contributed by atoms with Crippen molar-refractivity contribution in [2.45, 2.75) is 6.92 Å². The number of anilines is 18. The molecule has 0 unspecified atom stereocenters. The Morgan fingerprint density at radius 1 is 0.246 bits per heavy atom. The summed E-state index contributed by atoms with van der Waals surface area (Å²) in [6.07, 6.45) is 8.69. The van der Waals surface area contributed by atoms with Gasteiger partial charge >= 0.3 is 0 Å². The van der Waals surface area contributed by atoms with Gasteiger partial charge in [-0.3, -0.25) is 0 Å². The number of rotatable bonds is 13. The molecule has 649 valence electrons. The molecule has 6 aliphatic heterocycles.